The van der Waals surface area contributed by atoms with Crippen LogP contribution in [0.1, 0.15) is 13.8 Å². The third-order valence-corrected chi connectivity index (χ3v) is 3.87. The average Bonchev–Trinajstić information content (AvgIpc) is 2.42. The number of amides is 1. The second-order valence-corrected chi connectivity index (χ2v) is 5.79. The Morgan fingerprint density at radius 2 is 2.10 bits per heavy atom. The van der Waals surface area contributed by atoms with Gasteiger partial charge in [-0.1, -0.05) is 32.0 Å². The molecular weight excluding hydrogens is 272 g/mol. The van der Waals surface area contributed by atoms with Crippen molar-refractivity contribution in [1.82, 2.24) is 15.3 Å². The van der Waals surface area contributed by atoms with E-state index in [4.69, 9.17) is 5.73 Å². The van der Waals surface area contributed by atoms with Crippen LogP contribution in [0.5, 0.6) is 0 Å². The highest BCUT2D eigenvalue weighted by molar-refractivity contribution is 7.99. The number of benzene rings is 1. The summed E-state index contributed by atoms with van der Waals surface area (Å²) in [6.45, 7) is 3.97. The number of carbonyl (C=O) groups excluding carboxylic acids is 1. The van der Waals surface area contributed by atoms with Crippen LogP contribution in [0.15, 0.2) is 35.6 Å². The van der Waals surface area contributed by atoms with Crippen LogP contribution in [-0.2, 0) is 4.79 Å². The molecule has 0 saturated carbocycles. The lowest BCUT2D eigenvalue weighted by atomic mass is 10.2. The van der Waals surface area contributed by atoms with E-state index in [-0.39, 0.29) is 18.0 Å². The molecule has 0 bridgehead atoms. The maximum Gasteiger partial charge on any atom is 0.235 e. The topological polar surface area (TPSA) is 80.9 Å². The predicted octanol–water partition coefficient (Wildman–Crippen LogP) is 1.57. The molecule has 20 heavy (non-hydrogen) atoms. The molecule has 0 saturated heterocycles. The van der Waals surface area contributed by atoms with E-state index in [1.807, 2.05) is 38.1 Å². The van der Waals surface area contributed by atoms with Gasteiger partial charge in [-0.3, -0.25) is 4.79 Å². The Bertz CT molecular complexity index is 597. The summed E-state index contributed by atoms with van der Waals surface area (Å²) in [5, 5.41) is 5.02. The maximum atomic E-state index is 11.4. The molecule has 106 valence electrons. The zero-order valence-electron chi connectivity index (χ0n) is 11.5. The van der Waals surface area contributed by atoms with Gasteiger partial charge in [0.25, 0.3) is 0 Å². The van der Waals surface area contributed by atoms with Gasteiger partial charge in [0, 0.05) is 17.2 Å². The first-order valence-electron chi connectivity index (χ1n) is 6.46. The molecule has 1 unspecified atom stereocenters. The molecule has 1 heterocycles. The number of fused-ring (bicyclic) bond motifs is 1. The van der Waals surface area contributed by atoms with Crippen molar-refractivity contribution in [2.45, 2.75) is 31.0 Å². The summed E-state index contributed by atoms with van der Waals surface area (Å²) < 4.78 is 0. The molecule has 0 aliphatic carbocycles. The van der Waals surface area contributed by atoms with E-state index < -0.39 is 0 Å². The summed E-state index contributed by atoms with van der Waals surface area (Å²) in [5.74, 6) is 0.207. The quantitative estimate of drug-likeness (QED) is 0.623. The van der Waals surface area contributed by atoms with Crippen molar-refractivity contribution in [1.29, 1.82) is 0 Å². The van der Waals surface area contributed by atoms with Gasteiger partial charge in [0.2, 0.25) is 5.91 Å². The normalized spacial score (nSPS) is 12.8. The summed E-state index contributed by atoms with van der Waals surface area (Å²) >= 11 is 1.51. The van der Waals surface area contributed by atoms with Gasteiger partial charge in [0.05, 0.1) is 11.6 Å². The van der Waals surface area contributed by atoms with E-state index in [1.165, 1.54) is 11.8 Å². The average molecular weight is 290 g/mol. The number of aromatic nitrogens is 2. The summed E-state index contributed by atoms with van der Waals surface area (Å²) in [6, 6.07) is 7.65. The number of nitrogens with two attached hydrogens (primary N) is 1. The number of hydrogen-bond acceptors (Lipinski definition) is 5. The lowest BCUT2D eigenvalue weighted by Gasteiger charge is -2.17. The maximum absolute atomic E-state index is 11.4. The SMILES string of the molecule is CC(C)NC(CSc1ncnc2ccccc12)C(N)=O. The van der Waals surface area contributed by atoms with Gasteiger partial charge in [0.15, 0.2) is 0 Å². The van der Waals surface area contributed by atoms with Crippen LogP contribution in [-0.4, -0.2) is 33.7 Å². The first-order chi connectivity index (χ1) is 9.58. The third-order valence-electron chi connectivity index (χ3n) is 2.77. The van der Waals surface area contributed by atoms with Crippen molar-refractivity contribution < 1.29 is 4.79 Å². The van der Waals surface area contributed by atoms with Gasteiger partial charge >= 0.3 is 0 Å². The Morgan fingerprint density at radius 1 is 1.35 bits per heavy atom. The van der Waals surface area contributed by atoms with Gasteiger partial charge in [0.1, 0.15) is 11.4 Å². The van der Waals surface area contributed by atoms with E-state index in [0.29, 0.717) is 5.75 Å². The largest absolute Gasteiger partial charge is 0.368 e. The molecular formula is C14H18N4OS. The van der Waals surface area contributed by atoms with E-state index in [9.17, 15) is 4.79 Å². The molecule has 0 fully saturated rings. The summed E-state index contributed by atoms with van der Waals surface area (Å²) in [7, 11) is 0. The minimum Gasteiger partial charge on any atom is -0.368 e. The molecule has 0 aliphatic heterocycles. The molecule has 1 aromatic heterocycles. The van der Waals surface area contributed by atoms with Crippen LogP contribution in [0.25, 0.3) is 10.9 Å². The van der Waals surface area contributed by atoms with Crippen LogP contribution in [0, 0.1) is 0 Å². The van der Waals surface area contributed by atoms with Gasteiger partial charge < -0.3 is 11.1 Å². The first-order valence-corrected chi connectivity index (χ1v) is 7.44. The highest BCUT2D eigenvalue weighted by atomic mass is 32.2. The number of nitrogens with zero attached hydrogens (tertiary/aromatic N) is 2. The van der Waals surface area contributed by atoms with E-state index in [1.54, 1.807) is 6.33 Å². The molecule has 1 atom stereocenters. The van der Waals surface area contributed by atoms with Crippen molar-refractivity contribution in [2.24, 2.45) is 5.73 Å². The molecule has 5 nitrogen and oxygen atoms in total. The standard InChI is InChI=1S/C14H18N4OS/c1-9(2)18-12(13(15)19)7-20-14-10-5-3-4-6-11(10)16-8-17-14/h3-6,8-9,12,18H,7H2,1-2H3,(H2,15,19). The zero-order chi connectivity index (χ0) is 14.5. The number of hydrogen-bond donors (Lipinski definition) is 2. The monoisotopic (exact) mass is 290 g/mol. The van der Waals surface area contributed by atoms with Crippen LogP contribution in [0.2, 0.25) is 0 Å². The number of thioether (sulfide) groups is 1. The van der Waals surface area contributed by atoms with Crippen molar-refractivity contribution in [3.05, 3.63) is 30.6 Å². The smallest absolute Gasteiger partial charge is 0.235 e. The molecule has 2 aromatic rings. The van der Waals surface area contributed by atoms with Crippen molar-refractivity contribution in [2.75, 3.05) is 5.75 Å². The highest BCUT2D eigenvalue weighted by Crippen LogP contribution is 2.24. The van der Waals surface area contributed by atoms with Crippen LogP contribution in [0.4, 0.5) is 0 Å². The van der Waals surface area contributed by atoms with Crippen LogP contribution in [0.3, 0.4) is 0 Å². The number of carbonyl (C=O) groups is 1. The van der Waals surface area contributed by atoms with Crippen molar-refractivity contribution in [3.8, 4) is 0 Å². The molecule has 6 heteroatoms. The summed E-state index contributed by atoms with van der Waals surface area (Å²) in [5.41, 5.74) is 6.31. The number of nitrogens with one attached hydrogen (secondary N) is 1. The minimum atomic E-state index is -0.367. The Morgan fingerprint density at radius 3 is 2.80 bits per heavy atom. The fourth-order valence-corrected chi connectivity index (χ4v) is 2.91. The van der Waals surface area contributed by atoms with Gasteiger partial charge in [-0.05, 0) is 6.07 Å². The molecule has 3 N–H and O–H groups in total. The number of primary amides is 1. The van der Waals surface area contributed by atoms with E-state index >= 15 is 0 Å². The van der Waals surface area contributed by atoms with Crippen LogP contribution < -0.4 is 11.1 Å². The van der Waals surface area contributed by atoms with Crippen molar-refractivity contribution >= 4 is 28.6 Å². The fourth-order valence-electron chi connectivity index (χ4n) is 1.87. The Balaban J connectivity index is 2.13. The summed E-state index contributed by atoms with van der Waals surface area (Å²) in [6.07, 6.45) is 1.54. The van der Waals surface area contributed by atoms with E-state index in [2.05, 4.69) is 15.3 Å². The Labute approximate surface area is 122 Å². The number of rotatable bonds is 6. The fraction of sp³-hybridized carbons (Fsp3) is 0.357. The van der Waals surface area contributed by atoms with Gasteiger partial charge in [-0.25, -0.2) is 9.97 Å². The van der Waals surface area contributed by atoms with Gasteiger partial charge in [-0.2, -0.15) is 0 Å². The molecule has 0 radical (unpaired) electrons. The highest BCUT2D eigenvalue weighted by Gasteiger charge is 2.17. The van der Waals surface area contributed by atoms with Crippen LogP contribution >= 0.6 is 11.8 Å². The summed E-state index contributed by atoms with van der Waals surface area (Å²) in [4.78, 5) is 19.9. The molecule has 1 aromatic carbocycles. The lowest BCUT2D eigenvalue weighted by molar-refractivity contribution is -0.119. The second kappa shape index (κ2) is 6.67. The third kappa shape index (κ3) is 3.68. The van der Waals surface area contributed by atoms with E-state index in [0.717, 1.165) is 15.9 Å². The molecule has 1 amide bonds. The minimum absolute atomic E-state index is 0.204. The Hall–Kier alpha value is -1.66. The lowest BCUT2D eigenvalue weighted by Crippen LogP contribution is -2.46. The van der Waals surface area contributed by atoms with Crippen molar-refractivity contribution in [3.63, 3.8) is 0 Å². The van der Waals surface area contributed by atoms with Gasteiger partial charge in [-0.15, -0.1) is 11.8 Å². The number of para-hydroxylation sites is 1. The molecule has 0 spiro atoms. The molecule has 2 rings (SSSR count). The zero-order valence-corrected chi connectivity index (χ0v) is 12.4. The second-order valence-electron chi connectivity index (χ2n) is 4.78. The predicted molar refractivity (Wildman–Crippen MR) is 81.5 cm³/mol. The molecule has 0 aliphatic rings. The Kier molecular flexibility index (Phi) is 4.92. The first kappa shape index (κ1) is 14.7.